The lowest BCUT2D eigenvalue weighted by atomic mass is 10.1. The third-order valence-corrected chi connectivity index (χ3v) is 3.91. The van der Waals surface area contributed by atoms with Gasteiger partial charge < -0.3 is 20.7 Å². The van der Waals surface area contributed by atoms with Crippen LogP contribution in [0.1, 0.15) is 25.3 Å². The van der Waals surface area contributed by atoms with Gasteiger partial charge in [-0.2, -0.15) is 0 Å². The smallest absolute Gasteiger partial charge is 0.258 e. The highest BCUT2D eigenvalue weighted by Crippen LogP contribution is 2.18. The van der Waals surface area contributed by atoms with Crippen molar-refractivity contribution in [2.24, 2.45) is 5.92 Å². The molecule has 3 N–H and O–H groups in total. The van der Waals surface area contributed by atoms with Gasteiger partial charge in [-0.05, 0) is 44.0 Å². The first-order chi connectivity index (χ1) is 11.6. The second kappa shape index (κ2) is 9.27. The number of ether oxygens (including phenoxy) is 1. The lowest BCUT2D eigenvalue weighted by molar-refractivity contribution is -0.124. The Hall–Kier alpha value is -2.08. The van der Waals surface area contributed by atoms with Crippen molar-refractivity contribution in [1.29, 1.82) is 0 Å². The number of rotatable bonds is 10. The molecule has 0 heterocycles. The molecule has 0 spiro atoms. The predicted molar refractivity (Wildman–Crippen MR) is 92.9 cm³/mol. The van der Waals surface area contributed by atoms with Crippen molar-refractivity contribution in [3.8, 4) is 5.75 Å². The average Bonchev–Trinajstić information content (AvgIpc) is 3.38. The molecule has 1 aliphatic rings. The van der Waals surface area contributed by atoms with Gasteiger partial charge in [-0.25, -0.2) is 0 Å². The molecule has 0 aliphatic heterocycles. The van der Waals surface area contributed by atoms with Crippen molar-refractivity contribution in [2.75, 3.05) is 26.7 Å². The second-order valence-corrected chi connectivity index (χ2v) is 6.27. The van der Waals surface area contributed by atoms with Crippen LogP contribution in [-0.4, -0.2) is 44.6 Å². The molecule has 1 unspecified atom stereocenters. The largest absolute Gasteiger partial charge is 0.484 e. The Labute approximate surface area is 143 Å². The molecule has 1 atom stereocenters. The van der Waals surface area contributed by atoms with Crippen LogP contribution in [0.4, 0.5) is 0 Å². The molecular weight excluding hydrogens is 306 g/mol. The van der Waals surface area contributed by atoms with E-state index in [-0.39, 0.29) is 24.3 Å². The van der Waals surface area contributed by atoms with Crippen LogP contribution in [0, 0.1) is 5.92 Å². The summed E-state index contributed by atoms with van der Waals surface area (Å²) in [7, 11) is 1.84. The molecule has 0 saturated heterocycles. The van der Waals surface area contributed by atoms with Crippen LogP contribution in [0.15, 0.2) is 24.3 Å². The monoisotopic (exact) mass is 333 g/mol. The molecule has 1 saturated carbocycles. The third kappa shape index (κ3) is 6.58. The molecule has 132 valence electrons. The van der Waals surface area contributed by atoms with Crippen LogP contribution in [0.3, 0.4) is 0 Å². The first kappa shape index (κ1) is 18.3. The van der Waals surface area contributed by atoms with Gasteiger partial charge in [-0.3, -0.25) is 9.59 Å². The fraction of sp³-hybridized carbons (Fsp3) is 0.556. The normalized spacial score (nSPS) is 14.8. The zero-order valence-electron chi connectivity index (χ0n) is 14.4. The molecule has 0 bridgehead atoms. The zero-order valence-corrected chi connectivity index (χ0v) is 14.4. The number of hydrogen-bond donors (Lipinski definition) is 3. The molecule has 1 fully saturated rings. The van der Waals surface area contributed by atoms with E-state index in [0.29, 0.717) is 24.9 Å². The molecule has 6 nitrogen and oxygen atoms in total. The zero-order chi connectivity index (χ0) is 17.4. The van der Waals surface area contributed by atoms with Gasteiger partial charge in [0.25, 0.3) is 5.91 Å². The summed E-state index contributed by atoms with van der Waals surface area (Å²) in [5.74, 6) is 0.634. The van der Waals surface area contributed by atoms with Crippen molar-refractivity contribution in [2.45, 2.75) is 32.2 Å². The van der Waals surface area contributed by atoms with E-state index in [1.807, 2.05) is 38.2 Å². The summed E-state index contributed by atoms with van der Waals surface area (Å²) < 4.78 is 5.46. The SMILES string of the molecule is CNCC(C)C(=O)NCCc1ccc(OCC(=O)NC2CC2)cc1. The van der Waals surface area contributed by atoms with Crippen molar-refractivity contribution in [3.05, 3.63) is 29.8 Å². The van der Waals surface area contributed by atoms with E-state index in [0.717, 1.165) is 24.8 Å². The highest BCUT2D eigenvalue weighted by Gasteiger charge is 2.23. The number of carbonyl (C=O) groups excluding carboxylic acids is 2. The Morgan fingerprint density at radius 1 is 1.25 bits per heavy atom. The predicted octanol–water partition coefficient (Wildman–Crippen LogP) is 0.858. The summed E-state index contributed by atoms with van der Waals surface area (Å²) in [6, 6.07) is 7.97. The topological polar surface area (TPSA) is 79.5 Å². The summed E-state index contributed by atoms with van der Waals surface area (Å²) in [5, 5.41) is 8.81. The number of hydrogen-bond acceptors (Lipinski definition) is 4. The van der Waals surface area contributed by atoms with E-state index in [2.05, 4.69) is 16.0 Å². The van der Waals surface area contributed by atoms with Gasteiger partial charge in [0.2, 0.25) is 5.91 Å². The van der Waals surface area contributed by atoms with E-state index in [1.165, 1.54) is 0 Å². The van der Waals surface area contributed by atoms with E-state index in [4.69, 9.17) is 4.74 Å². The Kier molecular flexibility index (Phi) is 7.06. The quantitative estimate of drug-likeness (QED) is 0.593. The Balaban J connectivity index is 1.65. The summed E-state index contributed by atoms with van der Waals surface area (Å²) in [6.45, 7) is 3.23. The van der Waals surface area contributed by atoms with Gasteiger partial charge in [-0.1, -0.05) is 19.1 Å². The Morgan fingerprint density at radius 3 is 2.58 bits per heavy atom. The van der Waals surface area contributed by atoms with Crippen molar-refractivity contribution in [1.82, 2.24) is 16.0 Å². The molecule has 1 aromatic carbocycles. The average molecular weight is 333 g/mol. The lowest BCUT2D eigenvalue weighted by Gasteiger charge is -2.11. The summed E-state index contributed by atoms with van der Waals surface area (Å²) in [6.07, 6.45) is 2.91. The maximum Gasteiger partial charge on any atom is 0.258 e. The van der Waals surface area contributed by atoms with Crippen LogP contribution in [0.2, 0.25) is 0 Å². The van der Waals surface area contributed by atoms with Crippen LogP contribution in [-0.2, 0) is 16.0 Å². The minimum Gasteiger partial charge on any atom is -0.484 e. The molecule has 2 amide bonds. The Bertz CT molecular complexity index is 541. The minimum atomic E-state index is -0.0695. The second-order valence-electron chi connectivity index (χ2n) is 6.27. The van der Waals surface area contributed by atoms with Crippen LogP contribution < -0.4 is 20.7 Å². The lowest BCUT2D eigenvalue weighted by Crippen LogP contribution is -2.35. The van der Waals surface area contributed by atoms with Gasteiger partial charge in [0, 0.05) is 25.0 Å². The van der Waals surface area contributed by atoms with Gasteiger partial charge in [0.15, 0.2) is 6.61 Å². The van der Waals surface area contributed by atoms with Crippen LogP contribution in [0.5, 0.6) is 5.75 Å². The van der Waals surface area contributed by atoms with Crippen molar-refractivity contribution in [3.63, 3.8) is 0 Å². The molecule has 0 radical (unpaired) electrons. The van der Waals surface area contributed by atoms with Gasteiger partial charge >= 0.3 is 0 Å². The van der Waals surface area contributed by atoms with E-state index < -0.39 is 0 Å². The van der Waals surface area contributed by atoms with Crippen LogP contribution >= 0.6 is 0 Å². The van der Waals surface area contributed by atoms with Gasteiger partial charge in [0.05, 0.1) is 0 Å². The van der Waals surface area contributed by atoms with Crippen molar-refractivity contribution < 1.29 is 14.3 Å². The Morgan fingerprint density at radius 2 is 1.96 bits per heavy atom. The van der Waals surface area contributed by atoms with E-state index >= 15 is 0 Å². The van der Waals surface area contributed by atoms with E-state index in [9.17, 15) is 9.59 Å². The number of carbonyl (C=O) groups is 2. The molecule has 1 aromatic rings. The highest BCUT2D eigenvalue weighted by molar-refractivity contribution is 5.78. The maximum absolute atomic E-state index is 11.8. The molecular formula is C18H27N3O3. The fourth-order valence-electron chi connectivity index (χ4n) is 2.30. The molecule has 1 aliphatic carbocycles. The summed E-state index contributed by atoms with van der Waals surface area (Å²) >= 11 is 0. The van der Waals surface area contributed by atoms with Gasteiger partial charge in [-0.15, -0.1) is 0 Å². The standard InChI is InChI=1S/C18H27N3O3/c1-13(11-19-2)18(23)20-10-9-14-3-7-16(8-4-14)24-12-17(22)21-15-5-6-15/h3-4,7-8,13,15,19H,5-6,9-12H2,1-2H3,(H,20,23)(H,21,22). The number of nitrogens with one attached hydrogen (secondary N) is 3. The molecule has 2 rings (SSSR count). The maximum atomic E-state index is 11.8. The molecule has 24 heavy (non-hydrogen) atoms. The summed E-state index contributed by atoms with van der Waals surface area (Å²) in [5.41, 5.74) is 1.12. The minimum absolute atomic E-state index is 0.0347. The third-order valence-electron chi connectivity index (χ3n) is 3.91. The highest BCUT2D eigenvalue weighted by atomic mass is 16.5. The van der Waals surface area contributed by atoms with E-state index in [1.54, 1.807) is 0 Å². The first-order valence-electron chi connectivity index (χ1n) is 8.52. The van der Waals surface area contributed by atoms with Crippen molar-refractivity contribution >= 4 is 11.8 Å². The molecule has 0 aromatic heterocycles. The fourth-order valence-corrected chi connectivity index (χ4v) is 2.30. The van der Waals surface area contributed by atoms with Crippen LogP contribution in [0.25, 0.3) is 0 Å². The first-order valence-corrected chi connectivity index (χ1v) is 8.52. The number of benzene rings is 1. The van der Waals surface area contributed by atoms with Gasteiger partial charge in [0.1, 0.15) is 5.75 Å². The molecule has 6 heteroatoms. The summed E-state index contributed by atoms with van der Waals surface area (Å²) in [4.78, 5) is 23.4. The number of amides is 2.